The number of nitrogens with one attached hydrogen (secondary N) is 3. The number of aliphatic carboxylic acids is 1. The summed E-state index contributed by atoms with van der Waals surface area (Å²) in [6.45, 7) is 0. The molecule has 2 aromatic heterocycles. The molecule has 0 atom stereocenters. The maximum absolute atomic E-state index is 11.7. The average Bonchev–Trinajstić information content (AvgIpc) is 2.74. The lowest BCUT2D eigenvalue weighted by molar-refractivity contribution is -0.192. The van der Waals surface area contributed by atoms with E-state index in [9.17, 15) is 18.0 Å². The Morgan fingerprint density at radius 2 is 1.55 bits per heavy atom. The van der Waals surface area contributed by atoms with Gasteiger partial charge in [-0.25, -0.2) is 14.8 Å². The minimum atomic E-state index is -5.08. The molecule has 162 valence electrons. The van der Waals surface area contributed by atoms with Gasteiger partial charge in [0.15, 0.2) is 0 Å². The lowest BCUT2D eigenvalue weighted by Gasteiger charge is -2.10. The Hall–Kier alpha value is -4.15. The van der Waals surface area contributed by atoms with Gasteiger partial charge in [0.1, 0.15) is 11.6 Å². The van der Waals surface area contributed by atoms with Crippen molar-refractivity contribution in [2.24, 2.45) is 0 Å². The van der Waals surface area contributed by atoms with Crippen molar-refractivity contribution in [2.75, 3.05) is 17.7 Å². The molecule has 0 bridgehead atoms. The number of nitrogens with zero attached hydrogens (tertiary/aromatic N) is 2. The molecule has 11 heteroatoms. The van der Waals surface area contributed by atoms with Crippen molar-refractivity contribution in [3.05, 3.63) is 72.6 Å². The van der Waals surface area contributed by atoms with Crippen LogP contribution < -0.4 is 16.0 Å². The van der Waals surface area contributed by atoms with Crippen LogP contribution in [0.3, 0.4) is 0 Å². The largest absolute Gasteiger partial charge is 0.490 e. The number of rotatable bonds is 5. The molecule has 4 N–H and O–H groups in total. The number of hydrogen-bond donors (Lipinski definition) is 4. The van der Waals surface area contributed by atoms with Crippen LogP contribution in [0.2, 0.25) is 0 Å². The lowest BCUT2D eigenvalue weighted by Crippen LogP contribution is -2.21. The van der Waals surface area contributed by atoms with Gasteiger partial charge in [0.2, 0.25) is 0 Å². The molecule has 1 amide bonds. The fraction of sp³-hybridized carbons (Fsp3) is 0.100. The number of halogens is 3. The first-order chi connectivity index (χ1) is 14.7. The van der Waals surface area contributed by atoms with Gasteiger partial charge in [0.05, 0.1) is 0 Å². The number of carboxylic acid groups (broad SMARTS) is 1. The second kappa shape index (κ2) is 10.6. The van der Waals surface area contributed by atoms with Gasteiger partial charge < -0.3 is 21.1 Å². The van der Waals surface area contributed by atoms with Crippen molar-refractivity contribution in [3.63, 3.8) is 0 Å². The van der Waals surface area contributed by atoms with E-state index in [0.717, 1.165) is 17.2 Å². The smallest absolute Gasteiger partial charge is 0.475 e. The number of carboxylic acids is 1. The first kappa shape index (κ1) is 23.1. The van der Waals surface area contributed by atoms with Crippen LogP contribution in [0.5, 0.6) is 0 Å². The fourth-order valence-corrected chi connectivity index (χ4v) is 2.19. The molecule has 0 saturated heterocycles. The van der Waals surface area contributed by atoms with E-state index in [1.54, 1.807) is 31.6 Å². The summed E-state index contributed by atoms with van der Waals surface area (Å²) in [4.78, 5) is 29.1. The fourth-order valence-electron chi connectivity index (χ4n) is 2.19. The van der Waals surface area contributed by atoms with Gasteiger partial charge >= 0.3 is 12.1 Å². The number of amides is 1. The molecule has 0 aliphatic carbocycles. The van der Waals surface area contributed by atoms with E-state index in [4.69, 9.17) is 9.90 Å². The van der Waals surface area contributed by atoms with E-state index in [1.807, 2.05) is 42.5 Å². The highest BCUT2D eigenvalue weighted by Crippen LogP contribution is 2.21. The molecule has 0 saturated carbocycles. The van der Waals surface area contributed by atoms with Crippen LogP contribution in [0.15, 0.2) is 67.0 Å². The Morgan fingerprint density at radius 3 is 2.16 bits per heavy atom. The molecule has 8 nitrogen and oxygen atoms in total. The van der Waals surface area contributed by atoms with Crippen LogP contribution in [0.1, 0.15) is 10.4 Å². The summed E-state index contributed by atoms with van der Waals surface area (Å²) in [5.41, 5.74) is 2.28. The third-order valence-electron chi connectivity index (χ3n) is 3.56. The third-order valence-corrected chi connectivity index (χ3v) is 3.56. The zero-order valence-electron chi connectivity index (χ0n) is 16.1. The summed E-state index contributed by atoms with van der Waals surface area (Å²) in [5.74, 6) is -1.47. The zero-order valence-corrected chi connectivity index (χ0v) is 16.1. The predicted octanol–water partition coefficient (Wildman–Crippen LogP) is 3.96. The van der Waals surface area contributed by atoms with E-state index in [-0.39, 0.29) is 5.91 Å². The van der Waals surface area contributed by atoms with Crippen molar-refractivity contribution in [1.29, 1.82) is 0 Å². The monoisotopic (exact) mass is 433 g/mol. The first-order valence-corrected chi connectivity index (χ1v) is 8.72. The van der Waals surface area contributed by atoms with Gasteiger partial charge in [-0.15, -0.1) is 0 Å². The molecule has 0 aliphatic rings. The molecule has 0 radical (unpaired) electrons. The number of anilines is 4. The van der Waals surface area contributed by atoms with Crippen LogP contribution in [0.25, 0.3) is 0 Å². The Balaban J connectivity index is 0.000000423. The zero-order chi connectivity index (χ0) is 22.9. The summed E-state index contributed by atoms with van der Waals surface area (Å²) in [6, 6.07) is 16.7. The van der Waals surface area contributed by atoms with E-state index >= 15 is 0 Å². The van der Waals surface area contributed by atoms with Crippen LogP contribution >= 0.6 is 0 Å². The number of pyridine rings is 2. The van der Waals surface area contributed by atoms with Gasteiger partial charge in [0.25, 0.3) is 5.91 Å². The van der Waals surface area contributed by atoms with Crippen LogP contribution in [-0.2, 0) is 4.79 Å². The molecule has 1 aromatic carbocycles. The lowest BCUT2D eigenvalue weighted by atomic mass is 10.2. The number of aromatic nitrogens is 2. The number of carbonyl (C=O) groups excluding carboxylic acids is 1. The Kier molecular flexibility index (Phi) is 7.89. The topological polar surface area (TPSA) is 116 Å². The molecule has 3 rings (SSSR count). The van der Waals surface area contributed by atoms with Crippen molar-refractivity contribution in [2.45, 2.75) is 6.18 Å². The molecule has 0 unspecified atom stereocenters. The highest BCUT2D eigenvalue weighted by molar-refractivity contribution is 5.95. The van der Waals surface area contributed by atoms with Gasteiger partial charge in [-0.3, -0.25) is 4.79 Å². The number of benzene rings is 1. The third kappa shape index (κ3) is 7.65. The number of alkyl halides is 3. The first-order valence-electron chi connectivity index (χ1n) is 8.72. The molecule has 0 fully saturated rings. The number of hydrogen-bond acceptors (Lipinski definition) is 6. The summed E-state index contributed by atoms with van der Waals surface area (Å²) in [5, 5.41) is 16.2. The molecule has 0 aliphatic heterocycles. The predicted molar refractivity (Wildman–Crippen MR) is 109 cm³/mol. The SMILES string of the molecule is CNC(=O)c1cccc(Nc2ccnc(Nc3ccccn3)c2)c1.O=C(O)C(F)(F)F. The molecular formula is C20H18F3N5O3. The highest BCUT2D eigenvalue weighted by Gasteiger charge is 2.38. The van der Waals surface area contributed by atoms with E-state index in [1.165, 1.54) is 0 Å². The second-order valence-corrected chi connectivity index (χ2v) is 5.86. The van der Waals surface area contributed by atoms with Gasteiger partial charge in [-0.05, 0) is 36.4 Å². The molecule has 2 heterocycles. The van der Waals surface area contributed by atoms with Gasteiger partial charge in [-0.2, -0.15) is 13.2 Å². The number of carbonyl (C=O) groups is 2. The van der Waals surface area contributed by atoms with Crippen molar-refractivity contribution in [3.8, 4) is 0 Å². The van der Waals surface area contributed by atoms with Crippen molar-refractivity contribution < 1.29 is 27.9 Å². The summed E-state index contributed by atoms with van der Waals surface area (Å²) >= 11 is 0. The summed E-state index contributed by atoms with van der Waals surface area (Å²) in [7, 11) is 1.61. The van der Waals surface area contributed by atoms with Crippen molar-refractivity contribution in [1.82, 2.24) is 15.3 Å². The average molecular weight is 433 g/mol. The maximum atomic E-state index is 11.7. The highest BCUT2D eigenvalue weighted by atomic mass is 19.4. The van der Waals surface area contributed by atoms with Gasteiger partial charge in [0, 0.05) is 42.4 Å². The van der Waals surface area contributed by atoms with Crippen LogP contribution in [0.4, 0.5) is 36.2 Å². The van der Waals surface area contributed by atoms with E-state index < -0.39 is 12.1 Å². The minimum absolute atomic E-state index is 0.120. The Bertz CT molecular complexity index is 1030. The standard InChI is InChI=1S/C18H17N5O.C2HF3O2/c1-19-18(24)13-5-4-6-14(11-13)22-15-8-10-21-17(12-15)23-16-7-2-3-9-20-16;3-2(4,5)1(6)7/h2-12H,1H3,(H,19,24)(H2,20,21,22,23);(H,6,7). The Labute approximate surface area is 175 Å². The second-order valence-electron chi connectivity index (χ2n) is 5.86. The van der Waals surface area contributed by atoms with Crippen molar-refractivity contribution >= 4 is 34.9 Å². The summed E-state index contributed by atoms with van der Waals surface area (Å²) in [6.07, 6.45) is -1.66. The van der Waals surface area contributed by atoms with Crippen LogP contribution in [0, 0.1) is 0 Å². The van der Waals surface area contributed by atoms with Crippen LogP contribution in [-0.4, -0.2) is 40.2 Å². The van der Waals surface area contributed by atoms with E-state index in [2.05, 4.69) is 25.9 Å². The summed E-state index contributed by atoms with van der Waals surface area (Å²) < 4.78 is 31.7. The maximum Gasteiger partial charge on any atom is 0.490 e. The van der Waals surface area contributed by atoms with Gasteiger partial charge in [-0.1, -0.05) is 12.1 Å². The molecule has 0 spiro atoms. The van der Waals surface area contributed by atoms with E-state index in [0.29, 0.717) is 11.4 Å². The molecule has 31 heavy (non-hydrogen) atoms. The molecular weight excluding hydrogens is 415 g/mol. The molecule has 3 aromatic rings. The normalized spacial score (nSPS) is 10.3. The minimum Gasteiger partial charge on any atom is -0.475 e. The quantitative estimate of drug-likeness (QED) is 0.481. The Morgan fingerprint density at radius 1 is 0.871 bits per heavy atom.